The molecule has 0 saturated heterocycles. The third-order valence-electron chi connectivity index (χ3n) is 2.52. The second kappa shape index (κ2) is 6.70. The predicted octanol–water partition coefficient (Wildman–Crippen LogP) is 2.36. The summed E-state index contributed by atoms with van der Waals surface area (Å²) in [7, 11) is 0. The highest BCUT2D eigenvalue weighted by atomic mass is 16.5. The van der Waals surface area contributed by atoms with Gasteiger partial charge in [-0.3, -0.25) is 0 Å². The molecule has 1 heterocycles. The summed E-state index contributed by atoms with van der Waals surface area (Å²) in [6.45, 7) is 11.7. The van der Waals surface area contributed by atoms with Crippen molar-refractivity contribution >= 4 is 5.95 Å². The summed E-state index contributed by atoms with van der Waals surface area (Å²) in [5.41, 5.74) is 7.20. The number of hydrogen-bond donors (Lipinski definition) is 2. The minimum Gasteiger partial charge on any atom is -0.478 e. The van der Waals surface area contributed by atoms with Crippen molar-refractivity contribution in [3.8, 4) is 5.88 Å². The van der Waals surface area contributed by atoms with Crippen LogP contribution in [0.4, 0.5) is 5.95 Å². The van der Waals surface area contributed by atoms with Crippen LogP contribution in [0.15, 0.2) is 6.07 Å². The van der Waals surface area contributed by atoms with E-state index in [-0.39, 0.29) is 11.5 Å². The summed E-state index contributed by atoms with van der Waals surface area (Å²) in [5.74, 6) is 1.18. The molecule has 5 nitrogen and oxygen atoms in total. The molecule has 3 N–H and O–H groups in total. The highest BCUT2D eigenvalue weighted by molar-refractivity contribution is 5.30. The van der Waals surface area contributed by atoms with Crippen LogP contribution in [0.2, 0.25) is 0 Å². The normalized spacial score (nSPS) is 13.2. The summed E-state index contributed by atoms with van der Waals surface area (Å²) < 4.78 is 5.39. The Morgan fingerprint density at radius 1 is 1.37 bits per heavy atom. The lowest BCUT2D eigenvalue weighted by Gasteiger charge is -2.23. The van der Waals surface area contributed by atoms with E-state index in [9.17, 15) is 0 Å². The van der Waals surface area contributed by atoms with Gasteiger partial charge in [0.15, 0.2) is 0 Å². The van der Waals surface area contributed by atoms with Crippen molar-refractivity contribution in [3.63, 3.8) is 0 Å². The van der Waals surface area contributed by atoms with Crippen molar-refractivity contribution in [1.82, 2.24) is 9.97 Å². The predicted molar refractivity (Wildman–Crippen MR) is 78.5 cm³/mol. The Balaban J connectivity index is 2.57. The van der Waals surface area contributed by atoms with Crippen LogP contribution in [0.3, 0.4) is 0 Å². The summed E-state index contributed by atoms with van der Waals surface area (Å²) in [6, 6.07) is 1.91. The van der Waals surface area contributed by atoms with E-state index >= 15 is 0 Å². The molecule has 0 aliphatic rings. The van der Waals surface area contributed by atoms with Gasteiger partial charge in [0.25, 0.3) is 0 Å². The molecule has 1 unspecified atom stereocenters. The molecule has 0 radical (unpaired) electrons. The SMILES string of the molecule is CCOc1cc(C)nc(NCC(N)CC(C)(C)C)n1. The second-order valence-electron chi connectivity index (χ2n) is 6.01. The van der Waals surface area contributed by atoms with Crippen molar-refractivity contribution in [2.75, 3.05) is 18.5 Å². The average Bonchev–Trinajstić information content (AvgIpc) is 2.24. The van der Waals surface area contributed by atoms with Gasteiger partial charge in [0.1, 0.15) is 0 Å². The van der Waals surface area contributed by atoms with Crippen LogP contribution < -0.4 is 15.8 Å². The fourth-order valence-corrected chi connectivity index (χ4v) is 1.92. The third kappa shape index (κ3) is 6.38. The Labute approximate surface area is 116 Å². The largest absolute Gasteiger partial charge is 0.478 e. The topological polar surface area (TPSA) is 73.1 Å². The van der Waals surface area contributed by atoms with Crippen LogP contribution in [0.5, 0.6) is 5.88 Å². The summed E-state index contributed by atoms with van der Waals surface area (Å²) in [6.07, 6.45) is 0.949. The number of rotatable bonds is 6. The molecule has 0 saturated carbocycles. The van der Waals surface area contributed by atoms with Crippen molar-refractivity contribution in [1.29, 1.82) is 0 Å². The molecule has 0 aliphatic heterocycles. The fraction of sp³-hybridized carbons (Fsp3) is 0.714. The fourth-order valence-electron chi connectivity index (χ4n) is 1.92. The summed E-state index contributed by atoms with van der Waals surface area (Å²) in [4.78, 5) is 8.62. The number of nitrogens with zero attached hydrogens (tertiary/aromatic N) is 2. The van der Waals surface area contributed by atoms with Crippen LogP contribution in [0, 0.1) is 12.3 Å². The van der Waals surface area contributed by atoms with E-state index in [0.29, 0.717) is 25.0 Å². The molecule has 0 aromatic carbocycles. The molecular weight excluding hydrogens is 240 g/mol. The molecule has 0 spiro atoms. The molecular formula is C14H26N4O. The Morgan fingerprint density at radius 3 is 2.63 bits per heavy atom. The average molecular weight is 266 g/mol. The van der Waals surface area contributed by atoms with Gasteiger partial charge in [-0.2, -0.15) is 4.98 Å². The zero-order chi connectivity index (χ0) is 14.5. The number of hydrogen-bond acceptors (Lipinski definition) is 5. The summed E-state index contributed by atoms with van der Waals surface area (Å²) in [5, 5.41) is 3.18. The monoisotopic (exact) mass is 266 g/mol. The Kier molecular flexibility index (Phi) is 5.54. The zero-order valence-corrected chi connectivity index (χ0v) is 12.7. The molecule has 108 valence electrons. The lowest BCUT2D eigenvalue weighted by molar-refractivity contribution is 0.326. The maximum atomic E-state index is 6.09. The Morgan fingerprint density at radius 2 is 2.05 bits per heavy atom. The number of nitrogens with one attached hydrogen (secondary N) is 1. The Hall–Kier alpha value is -1.36. The number of ether oxygens (including phenoxy) is 1. The van der Waals surface area contributed by atoms with Gasteiger partial charge in [-0.05, 0) is 25.7 Å². The first-order valence-corrected chi connectivity index (χ1v) is 6.78. The molecule has 0 fully saturated rings. The van der Waals surface area contributed by atoms with Crippen molar-refractivity contribution in [3.05, 3.63) is 11.8 Å². The van der Waals surface area contributed by atoms with Crippen LogP contribution in [-0.4, -0.2) is 29.2 Å². The first-order chi connectivity index (χ1) is 8.80. The lowest BCUT2D eigenvalue weighted by atomic mass is 9.88. The minimum atomic E-state index is 0.0830. The lowest BCUT2D eigenvalue weighted by Crippen LogP contribution is -2.33. The molecule has 1 atom stereocenters. The third-order valence-corrected chi connectivity index (χ3v) is 2.52. The molecule has 5 heteroatoms. The minimum absolute atomic E-state index is 0.0830. The molecule has 1 aromatic rings. The number of anilines is 1. The van der Waals surface area contributed by atoms with Crippen molar-refractivity contribution in [2.24, 2.45) is 11.1 Å². The highest BCUT2D eigenvalue weighted by Crippen LogP contribution is 2.20. The number of aryl methyl sites for hydroxylation is 1. The van der Waals surface area contributed by atoms with Crippen LogP contribution in [-0.2, 0) is 0 Å². The molecule has 1 aromatic heterocycles. The van der Waals surface area contributed by atoms with Gasteiger partial charge in [0.05, 0.1) is 6.61 Å². The van der Waals surface area contributed by atoms with Crippen molar-refractivity contribution < 1.29 is 4.74 Å². The van der Waals surface area contributed by atoms with Crippen LogP contribution in [0.25, 0.3) is 0 Å². The maximum Gasteiger partial charge on any atom is 0.226 e. The van der Waals surface area contributed by atoms with Gasteiger partial charge in [-0.25, -0.2) is 4.98 Å². The van der Waals surface area contributed by atoms with Gasteiger partial charge in [0.2, 0.25) is 11.8 Å². The van der Waals surface area contributed by atoms with E-state index in [1.165, 1.54) is 0 Å². The van der Waals surface area contributed by atoms with E-state index in [2.05, 4.69) is 36.1 Å². The van der Waals surface area contributed by atoms with Gasteiger partial charge in [-0.1, -0.05) is 20.8 Å². The molecule has 0 amide bonds. The van der Waals surface area contributed by atoms with Crippen molar-refractivity contribution in [2.45, 2.75) is 47.1 Å². The zero-order valence-electron chi connectivity index (χ0n) is 12.7. The first kappa shape index (κ1) is 15.7. The highest BCUT2D eigenvalue weighted by Gasteiger charge is 2.15. The van der Waals surface area contributed by atoms with E-state index in [0.717, 1.165) is 12.1 Å². The van der Waals surface area contributed by atoms with E-state index < -0.39 is 0 Å². The molecule has 0 aliphatic carbocycles. The van der Waals surface area contributed by atoms with E-state index in [1.54, 1.807) is 0 Å². The smallest absolute Gasteiger partial charge is 0.226 e. The number of aromatic nitrogens is 2. The maximum absolute atomic E-state index is 6.09. The second-order valence-corrected chi connectivity index (χ2v) is 6.01. The van der Waals surface area contributed by atoms with Gasteiger partial charge < -0.3 is 15.8 Å². The standard InChI is InChI=1S/C14H26N4O/c1-6-19-12-7-10(2)17-13(18-12)16-9-11(15)8-14(3,4)5/h7,11H,6,8-9,15H2,1-5H3,(H,16,17,18). The van der Waals surface area contributed by atoms with Crippen LogP contribution >= 0.6 is 0 Å². The van der Waals surface area contributed by atoms with Gasteiger partial charge in [0, 0.05) is 24.3 Å². The summed E-state index contributed by atoms with van der Waals surface area (Å²) >= 11 is 0. The molecule has 1 rings (SSSR count). The van der Waals surface area contributed by atoms with Crippen LogP contribution in [0.1, 0.15) is 39.8 Å². The first-order valence-electron chi connectivity index (χ1n) is 6.78. The quantitative estimate of drug-likeness (QED) is 0.827. The molecule has 19 heavy (non-hydrogen) atoms. The van der Waals surface area contributed by atoms with Gasteiger partial charge >= 0.3 is 0 Å². The molecule has 0 bridgehead atoms. The number of nitrogens with two attached hydrogens (primary N) is 1. The van der Waals surface area contributed by atoms with E-state index in [1.807, 2.05) is 19.9 Å². The van der Waals surface area contributed by atoms with Gasteiger partial charge in [-0.15, -0.1) is 0 Å². The Bertz CT molecular complexity index is 401. The van der Waals surface area contributed by atoms with E-state index in [4.69, 9.17) is 10.5 Å².